The summed E-state index contributed by atoms with van der Waals surface area (Å²) in [5, 5.41) is -0.0590. The average Bonchev–Trinajstić information content (AvgIpc) is 2.68. The maximum Gasteiger partial charge on any atom is 0.296 e. The summed E-state index contributed by atoms with van der Waals surface area (Å²) in [5.41, 5.74) is 0.264. The van der Waals surface area contributed by atoms with Crippen molar-refractivity contribution in [2.75, 3.05) is 6.61 Å². The molecule has 0 bridgehead atoms. The molecule has 0 spiro atoms. The highest BCUT2D eigenvalue weighted by molar-refractivity contribution is 7.86. The fourth-order valence-electron chi connectivity index (χ4n) is 3.13. The van der Waals surface area contributed by atoms with Crippen LogP contribution in [0.4, 0.5) is 0 Å². The minimum atomic E-state index is -3.90. The third kappa shape index (κ3) is 7.11. The second kappa shape index (κ2) is 10.3. The van der Waals surface area contributed by atoms with Crippen molar-refractivity contribution in [3.05, 3.63) is 42.5 Å². The van der Waals surface area contributed by atoms with Crippen molar-refractivity contribution in [3.8, 4) is 0 Å². The summed E-state index contributed by atoms with van der Waals surface area (Å²) in [7, 11) is -6.14. The van der Waals surface area contributed by atoms with Gasteiger partial charge in [-0.05, 0) is 51.0 Å². The van der Waals surface area contributed by atoms with Gasteiger partial charge < -0.3 is 4.43 Å². The van der Waals surface area contributed by atoms with Gasteiger partial charge in [0, 0.05) is 17.3 Å². The number of ketones is 1. The van der Waals surface area contributed by atoms with Crippen LogP contribution < -0.4 is 0 Å². The summed E-state index contributed by atoms with van der Waals surface area (Å²) in [4.78, 5) is 13.4. The Morgan fingerprint density at radius 2 is 1.59 bits per heavy atom. The highest BCUT2D eigenvalue weighted by atomic mass is 32.2. The predicted molar refractivity (Wildman–Crippen MR) is 134 cm³/mol. The van der Waals surface area contributed by atoms with E-state index < -0.39 is 35.9 Å². The van der Waals surface area contributed by atoms with Gasteiger partial charge in [-0.15, -0.1) is 6.58 Å². The Bertz CT molecular complexity index is 895. The van der Waals surface area contributed by atoms with E-state index in [1.165, 1.54) is 12.1 Å². The van der Waals surface area contributed by atoms with Crippen LogP contribution in [0, 0.1) is 24.2 Å². The highest BCUT2D eigenvalue weighted by Gasteiger charge is 2.44. The number of benzene rings is 1. The third-order valence-corrected chi connectivity index (χ3v) is 12.4. The van der Waals surface area contributed by atoms with Gasteiger partial charge in [-0.2, -0.15) is 8.42 Å². The average molecular weight is 483 g/mol. The first-order valence-electron chi connectivity index (χ1n) is 11.2. The van der Waals surface area contributed by atoms with E-state index in [0.29, 0.717) is 0 Å². The number of rotatable bonds is 11. The summed E-state index contributed by atoms with van der Waals surface area (Å²) in [6.07, 6.45) is 1.17. The second-order valence-electron chi connectivity index (χ2n) is 11.0. The van der Waals surface area contributed by atoms with Crippen molar-refractivity contribution in [3.63, 3.8) is 0 Å². The van der Waals surface area contributed by atoms with Crippen LogP contribution in [0.25, 0.3) is 0 Å². The molecule has 0 saturated heterocycles. The van der Waals surface area contributed by atoms with Crippen LogP contribution in [0.15, 0.2) is 41.8 Å². The van der Waals surface area contributed by atoms with Gasteiger partial charge in [0.1, 0.15) is 5.78 Å². The van der Waals surface area contributed by atoms with E-state index in [9.17, 15) is 13.2 Å². The molecule has 3 atom stereocenters. The number of carbonyl (C=O) groups is 1. The molecule has 0 unspecified atom stereocenters. The quantitative estimate of drug-likeness (QED) is 0.215. The zero-order valence-corrected chi connectivity index (χ0v) is 23.3. The van der Waals surface area contributed by atoms with Gasteiger partial charge in [0.15, 0.2) is 8.32 Å². The van der Waals surface area contributed by atoms with Gasteiger partial charge in [-0.25, -0.2) is 0 Å². The molecule has 0 aliphatic heterocycles. The molecule has 0 radical (unpaired) electrons. The standard InChI is InChI=1S/C25H42O5SSi/c1-12-25(8,9)23(26)20(4)22(30-32(10,11)24(5,6)7)19(3)17-29-31(27,28)21-15-13-18(2)14-16-21/h12-16,19-20,22H,1,17H2,2-11H3/t19-,20+,22-/m0/s1. The van der Waals surface area contributed by atoms with E-state index in [1.54, 1.807) is 18.2 Å². The van der Waals surface area contributed by atoms with Crippen LogP contribution in [0.3, 0.4) is 0 Å². The van der Waals surface area contributed by atoms with Crippen LogP contribution in [0.5, 0.6) is 0 Å². The van der Waals surface area contributed by atoms with Crippen molar-refractivity contribution >= 4 is 24.2 Å². The molecule has 0 fully saturated rings. The smallest absolute Gasteiger partial charge is 0.296 e. The Morgan fingerprint density at radius 3 is 2.03 bits per heavy atom. The number of carbonyl (C=O) groups excluding carboxylic acids is 1. The molecule has 1 aromatic rings. The lowest BCUT2D eigenvalue weighted by molar-refractivity contribution is -0.132. The summed E-state index contributed by atoms with van der Waals surface area (Å²) in [5.74, 6) is -0.744. The minimum absolute atomic E-state index is 0.0180. The monoisotopic (exact) mass is 482 g/mol. The zero-order valence-electron chi connectivity index (χ0n) is 21.5. The fourth-order valence-corrected chi connectivity index (χ4v) is 5.60. The summed E-state index contributed by atoms with van der Waals surface area (Å²) in [6, 6.07) is 6.55. The lowest BCUT2D eigenvalue weighted by atomic mass is 9.78. The molecule has 1 aromatic carbocycles. The molecule has 32 heavy (non-hydrogen) atoms. The van der Waals surface area contributed by atoms with E-state index in [1.807, 2.05) is 34.6 Å². The Kier molecular flexibility index (Phi) is 9.28. The molecule has 0 aliphatic rings. The van der Waals surface area contributed by atoms with Gasteiger partial charge in [-0.1, -0.05) is 58.4 Å². The maximum absolute atomic E-state index is 13.2. The van der Waals surface area contributed by atoms with Crippen molar-refractivity contribution < 1.29 is 21.8 Å². The van der Waals surface area contributed by atoms with E-state index >= 15 is 0 Å². The van der Waals surface area contributed by atoms with Gasteiger partial charge in [0.25, 0.3) is 10.1 Å². The van der Waals surface area contributed by atoms with E-state index in [4.69, 9.17) is 8.61 Å². The SMILES string of the molecule is C=CC(C)(C)C(=O)[C@H](C)[C@@H](O[Si](C)(C)C(C)(C)C)[C@@H](C)COS(=O)(=O)c1ccc(C)cc1. The molecule has 0 amide bonds. The van der Waals surface area contributed by atoms with E-state index in [0.717, 1.165) is 5.56 Å². The highest BCUT2D eigenvalue weighted by Crippen LogP contribution is 2.40. The maximum atomic E-state index is 13.2. The topological polar surface area (TPSA) is 69.7 Å². The summed E-state index contributed by atoms with van der Waals surface area (Å²) < 4.78 is 37.5. The fraction of sp³-hybridized carbons (Fsp3) is 0.640. The molecular weight excluding hydrogens is 440 g/mol. The molecule has 0 aromatic heterocycles. The number of Topliss-reactive ketones (excluding diaryl/α,β-unsaturated/α-hetero) is 1. The predicted octanol–water partition coefficient (Wildman–Crippen LogP) is 6.14. The largest absolute Gasteiger partial charge is 0.413 e. The Morgan fingerprint density at radius 1 is 1.09 bits per heavy atom. The van der Waals surface area contributed by atoms with Gasteiger partial charge in [0.2, 0.25) is 0 Å². The van der Waals surface area contributed by atoms with E-state index in [-0.39, 0.29) is 28.2 Å². The van der Waals surface area contributed by atoms with Crippen molar-refractivity contribution in [2.24, 2.45) is 17.3 Å². The normalized spacial score (nSPS) is 16.3. The summed E-state index contributed by atoms with van der Waals surface area (Å²) in [6.45, 7) is 23.7. The van der Waals surface area contributed by atoms with Gasteiger partial charge in [0.05, 0.1) is 17.6 Å². The van der Waals surface area contributed by atoms with Crippen LogP contribution >= 0.6 is 0 Å². The molecular formula is C25H42O5SSi. The molecule has 1 rings (SSSR count). The molecule has 5 nitrogen and oxygen atoms in total. The zero-order chi connectivity index (χ0) is 25.1. The van der Waals surface area contributed by atoms with Gasteiger partial charge in [-0.3, -0.25) is 8.98 Å². The van der Waals surface area contributed by atoms with Crippen molar-refractivity contribution in [2.45, 2.75) is 84.5 Å². The molecule has 0 N–H and O–H groups in total. The first kappa shape index (κ1) is 28.7. The number of hydrogen-bond acceptors (Lipinski definition) is 5. The molecule has 7 heteroatoms. The Balaban J connectivity index is 3.18. The van der Waals surface area contributed by atoms with E-state index in [2.05, 4.69) is 40.4 Å². The molecule has 0 heterocycles. The Labute approximate surface area is 196 Å². The Hall–Kier alpha value is -1.28. The summed E-state index contributed by atoms with van der Waals surface area (Å²) >= 11 is 0. The molecule has 182 valence electrons. The minimum Gasteiger partial charge on any atom is -0.413 e. The van der Waals surface area contributed by atoms with Crippen LogP contribution in [0.1, 0.15) is 54.0 Å². The molecule has 0 aliphatic carbocycles. The van der Waals surface area contributed by atoms with Crippen LogP contribution in [0.2, 0.25) is 18.1 Å². The van der Waals surface area contributed by atoms with Crippen LogP contribution in [-0.4, -0.2) is 35.2 Å². The second-order valence-corrected chi connectivity index (χ2v) is 17.3. The third-order valence-electron chi connectivity index (χ3n) is 6.65. The lowest BCUT2D eigenvalue weighted by Crippen LogP contribution is -2.50. The first-order valence-corrected chi connectivity index (χ1v) is 15.5. The number of hydrogen-bond donors (Lipinski definition) is 0. The number of allylic oxidation sites excluding steroid dienone is 1. The van der Waals surface area contributed by atoms with Gasteiger partial charge >= 0.3 is 0 Å². The van der Waals surface area contributed by atoms with Crippen LogP contribution in [-0.2, 0) is 23.5 Å². The lowest BCUT2D eigenvalue weighted by Gasteiger charge is -2.43. The van der Waals surface area contributed by atoms with Crippen molar-refractivity contribution in [1.82, 2.24) is 0 Å². The number of aryl methyl sites for hydroxylation is 1. The van der Waals surface area contributed by atoms with Crippen molar-refractivity contribution in [1.29, 1.82) is 0 Å². The first-order chi connectivity index (χ1) is 14.4. The molecule has 0 saturated carbocycles.